The highest BCUT2D eigenvalue weighted by atomic mass is 32.2. The second kappa shape index (κ2) is 7.74. The van der Waals surface area contributed by atoms with Gasteiger partial charge in [0.25, 0.3) is 0 Å². The van der Waals surface area contributed by atoms with Gasteiger partial charge in [0.15, 0.2) is 11.6 Å². The second-order valence-electron chi connectivity index (χ2n) is 6.55. The number of rotatable bonds is 6. The van der Waals surface area contributed by atoms with Crippen molar-refractivity contribution < 1.29 is 21.6 Å². The van der Waals surface area contributed by atoms with Gasteiger partial charge >= 0.3 is 0 Å². The van der Waals surface area contributed by atoms with E-state index in [1.165, 1.54) is 0 Å². The summed E-state index contributed by atoms with van der Waals surface area (Å²) in [5.41, 5.74) is -0.320. The smallest absolute Gasteiger partial charge is 0.214 e. The summed E-state index contributed by atoms with van der Waals surface area (Å²) in [7, 11) is -3.29. The molecule has 0 saturated heterocycles. The van der Waals surface area contributed by atoms with E-state index < -0.39 is 32.7 Å². The Morgan fingerprint density at radius 3 is 2.12 bits per heavy atom. The van der Waals surface area contributed by atoms with Crippen LogP contribution >= 0.6 is 0 Å². The van der Waals surface area contributed by atoms with Crippen molar-refractivity contribution in [3.63, 3.8) is 0 Å². The van der Waals surface area contributed by atoms with Crippen molar-refractivity contribution >= 4 is 15.7 Å². The van der Waals surface area contributed by atoms with E-state index in [1.54, 1.807) is 13.8 Å². The largest absolute Gasteiger partial charge is 0.380 e. The Bertz CT molecular complexity index is 649. The van der Waals surface area contributed by atoms with Crippen LogP contribution in [-0.4, -0.2) is 26.3 Å². The SMILES string of the molecule is CC(C)S(=O)(=O)N[C@H]1CC[C@H](CNc2c(F)cc(F)cc2F)CC1. The van der Waals surface area contributed by atoms with Crippen LogP contribution in [0.1, 0.15) is 39.5 Å². The van der Waals surface area contributed by atoms with E-state index in [0.29, 0.717) is 31.5 Å². The molecule has 1 fully saturated rings. The fourth-order valence-electron chi connectivity index (χ4n) is 2.81. The van der Waals surface area contributed by atoms with Gasteiger partial charge in [-0.2, -0.15) is 0 Å². The number of hydrogen-bond donors (Lipinski definition) is 2. The Morgan fingerprint density at radius 1 is 1.08 bits per heavy atom. The molecule has 1 aliphatic rings. The van der Waals surface area contributed by atoms with Gasteiger partial charge in [0.1, 0.15) is 11.5 Å². The number of sulfonamides is 1. The Labute approximate surface area is 140 Å². The first-order valence-electron chi connectivity index (χ1n) is 8.08. The van der Waals surface area contributed by atoms with Crippen molar-refractivity contribution in [1.29, 1.82) is 0 Å². The third-order valence-corrected chi connectivity index (χ3v) is 6.28. The quantitative estimate of drug-likeness (QED) is 0.813. The lowest BCUT2D eigenvalue weighted by molar-refractivity contribution is 0.323. The monoisotopic (exact) mass is 364 g/mol. The van der Waals surface area contributed by atoms with E-state index >= 15 is 0 Å². The van der Waals surface area contributed by atoms with E-state index in [-0.39, 0.29) is 17.6 Å². The molecule has 0 atom stereocenters. The first kappa shape index (κ1) is 19.1. The molecule has 1 aromatic carbocycles. The molecule has 1 aliphatic carbocycles. The maximum atomic E-state index is 13.6. The predicted molar refractivity (Wildman–Crippen MR) is 87.7 cm³/mol. The van der Waals surface area contributed by atoms with Crippen LogP contribution in [0.4, 0.5) is 18.9 Å². The summed E-state index contributed by atoms with van der Waals surface area (Å²) in [6.45, 7) is 3.62. The van der Waals surface area contributed by atoms with E-state index in [1.807, 2.05) is 0 Å². The average Bonchev–Trinajstić information content (AvgIpc) is 2.47. The molecule has 0 heterocycles. The summed E-state index contributed by atoms with van der Waals surface area (Å²) in [4.78, 5) is 0. The minimum atomic E-state index is -3.29. The van der Waals surface area contributed by atoms with Crippen molar-refractivity contribution in [2.45, 2.75) is 50.8 Å². The van der Waals surface area contributed by atoms with Crippen molar-refractivity contribution in [1.82, 2.24) is 4.72 Å². The predicted octanol–water partition coefficient (Wildman–Crippen LogP) is 3.40. The Balaban J connectivity index is 1.84. The van der Waals surface area contributed by atoms with Crippen LogP contribution in [0.5, 0.6) is 0 Å². The Kier molecular flexibility index (Phi) is 6.14. The molecule has 0 unspecified atom stereocenters. The first-order chi connectivity index (χ1) is 11.2. The maximum absolute atomic E-state index is 13.6. The Hall–Kier alpha value is -1.28. The minimum Gasteiger partial charge on any atom is -0.380 e. The molecule has 24 heavy (non-hydrogen) atoms. The van der Waals surface area contributed by atoms with Crippen molar-refractivity contribution in [2.24, 2.45) is 5.92 Å². The lowest BCUT2D eigenvalue weighted by Crippen LogP contribution is -2.41. The molecule has 0 aliphatic heterocycles. The van der Waals surface area contributed by atoms with Crippen LogP contribution < -0.4 is 10.0 Å². The number of halogens is 3. The lowest BCUT2D eigenvalue weighted by Gasteiger charge is -2.29. The van der Waals surface area contributed by atoms with Crippen molar-refractivity contribution in [3.8, 4) is 0 Å². The van der Waals surface area contributed by atoms with Crippen molar-refractivity contribution in [3.05, 3.63) is 29.6 Å². The van der Waals surface area contributed by atoms with Crippen molar-refractivity contribution in [2.75, 3.05) is 11.9 Å². The normalized spacial score (nSPS) is 21.9. The van der Waals surface area contributed by atoms with Gasteiger partial charge in [-0.25, -0.2) is 26.3 Å². The summed E-state index contributed by atoms with van der Waals surface area (Å²) in [6.07, 6.45) is 2.88. The standard InChI is InChI=1S/C16H23F3N2O2S/c1-10(2)24(22,23)21-13-5-3-11(4-6-13)9-20-16-14(18)7-12(17)8-15(16)19/h7-8,10-11,13,20-21H,3-6,9H2,1-2H3/t11-,13-. The first-order valence-corrected chi connectivity index (χ1v) is 9.63. The minimum absolute atomic E-state index is 0.0899. The number of nitrogens with one attached hydrogen (secondary N) is 2. The molecule has 136 valence electrons. The van der Waals surface area contributed by atoms with Gasteiger partial charge in [-0.1, -0.05) is 0 Å². The average molecular weight is 364 g/mol. The van der Waals surface area contributed by atoms with E-state index in [4.69, 9.17) is 0 Å². The highest BCUT2D eigenvalue weighted by Gasteiger charge is 2.26. The van der Waals surface area contributed by atoms with Crippen LogP contribution in [0, 0.1) is 23.4 Å². The van der Waals surface area contributed by atoms with E-state index in [9.17, 15) is 21.6 Å². The van der Waals surface area contributed by atoms with Gasteiger partial charge in [0.05, 0.1) is 5.25 Å². The third kappa shape index (κ3) is 4.86. The van der Waals surface area contributed by atoms with Gasteiger partial charge in [-0.05, 0) is 45.4 Å². The van der Waals surface area contributed by atoms with Gasteiger partial charge in [0, 0.05) is 24.7 Å². The number of hydrogen-bond acceptors (Lipinski definition) is 3. The van der Waals surface area contributed by atoms with Crippen LogP contribution in [0.3, 0.4) is 0 Å². The third-order valence-electron chi connectivity index (χ3n) is 4.37. The van der Waals surface area contributed by atoms with E-state index in [0.717, 1.165) is 12.8 Å². The molecule has 2 rings (SSSR count). The van der Waals surface area contributed by atoms with Crippen LogP contribution in [0.2, 0.25) is 0 Å². The molecule has 8 heteroatoms. The zero-order valence-electron chi connectivity index (χ0n) is 13.8. The molecule has 0 bridgehead atoms. The van der Waals surface area contributed by atoms with Crippen LogP contribution in [0.25, 0.3) is 0 Å². The topological polar surface area (TPSA) is 58.2 Å². The highest BCUT2D eigenvalue weighted by molar-refractivity contribution is 7.90. The molecule has 1 aromatic rings. The zero-order valence-corrected chi connectivity index (χ0v) is 14.6. The molecule has 0 amide bonds. The second-order valence-corrected chi connectivity index (χ2v) is 8.82. The highest BCUT2D eigenvalue weighted by Crippen LogP contribution is 2.27. The summed E-state index contributed by atoms with van der Waals surface area (Å²) in [5, 5.41) is 2.23. The molecule has 1 saturated carbocycles. The fraction of sp³-hybridized carbons (Fsp3) is 0.625. The summed E-state index contributed by atoms with van der Waals surface area (Å²) < 4.78 is 66.4. The zero-order chi connectivity index (χ0) is 17.9. The molecule has 0 radical (unpaired) electrons. The molecule has 4 nitrogen and oxygen atoms in total. The molecular weight excluding hydrogens is 341 g/mol. The van der Waals surface area contributed by atoms with Gasteiger partial charge in [0.2, 0.25) is 10.0 Å². The van der Waals surface area contributed by atoms with Gasteiger partial charge < -0.3 is 5.32 Å². The fourth-order valence-corrected chi connectivity index (χ4v) is 3.78. The molecule has 0 aromatic heterocycles. The lowest BCUT2D eigenvalue weighted by atomic mass is 9.86. The Morgan fingerprint density at radius 2 is 1.62 bits per heavy atom. The summed E-state index contributed by atoms with van der Waals surface area (Å²) in [6, 6.07) is 1.19. The van der Waals surface area contributed by atoms with Crippen LogP contribution in [0.15, 0.2) is 12.1 Å². The summed E-state index contributed by atoms with van der Waals surface area (Å²) >= 11 is 0. The van der Waals surface area contributed by atoms with Gasteiger partial charge in [-0.3, -0.25) is 0 Å². The molecule has 2 N–H and O–H groups in total. The van der Waals surface area contributed by atoms with Gasteiger partial charge in [-0.15, -0.1) is 0 Å². The van der Waals surface area contributed by atoms with Crippen LogP contribution in [-0.2, 0) is 10.0 Å². The number of anilines is 1. The number of benzene rings is 1. The molecule has 0 spiro atoms. The molecular formula is C16H23F3N2O2S. The van der Waals surface area contributed by atoms with E-state index in [2.05, 4.69) is 10.0 Å². The summed E-state index contributed by atoms with van der Waals surface area (Å²) in [5.74, 6) is -2.67. The maximum Gasteiger partial charge on any atom is 0.214 e.